The quantitative estimate of drug-likeness (QED) is 0.850. The molecule has 0 bridgehead atoms. The second-order valence-corrected chi connectivity index (χ2v) is 4.96. The Morgan fingerprint density at radius 1 is 1.32 bits per heavy atom. The molecule has 1 heterocycles. The second-order valence-electron chi connectivity index (χ2n) is 4.96. The van der Waals surface area contributed by atoms with Crippen LogP contribution in [0.15, 0.2) is 48.8 Å². The van der Waals surface area contributed by atoms with Crippen molar-refractivity contribution in [2.75, 3.05) is 20.2 Å². The number of nitrogens with two attached hydrogens (primary N) is 1. The van der Waals surface area contributed by atoms with E-state index in [-0.39, 0.29) is 5.91 Å². The van der Waals surface area contributed by atoms with Gasteiger partial charge in [-0.2, -0.15) is 0 Å². The van der Waals surface area contributed by atoms with E-state index in [0.717, 1.165) is 12.0 Å². The molecule has 0 unspecified atom stereocenters. The first-order valence-electron chi connectivity index (χ1n) is 7.27. The van der Waals surface area contributed by atoms with Gasteiger partial charge in [0, 0.05) is 31.0 Å². The predicted molar refractivity (Wildman–Crippen MR) is 85.6 cm³/mol. The van der Waals surface area contributed by atoms with Gasteiger partial charge in [0.15, 0.2) is 0 Å². The Bertz CT molecular complexity index is 602. The summed E-state index contributed by atoms with van der Waals surface area (Å²) in [5.41, 5.74) is 7.19. The fraction of sp³-hybridized carbons (Fsp3) is 0.294. The van der Waals surface area contributed by atoms with Gasteiger partial charge in [0.2, 0.25) is 0 Å². The van der Waals surface area contributed by atoms with Crippen molar-refractivity contribution in [1.29, 1.82) is 0 Å². The molecule has 1 aromatic carbocycles. The van der Waals surface area contributed by atoms with E-state index in [1.807, 2.05) is 24.3 Å². The largest absolute Gasteiger partial charge is 0.497 e. The zero-order valence-corrected chi connectivity index (χ0v) is 12.7. The zero-order valence-electron chi connectivity index (χ0n) is 12.7. The smallest absolute Gasteiger partial charge is 0.254 e. The number of methoxy groups -OCH3 is 1. The van der Waals surface area contributed by atoms with E-state index < -0.39 is 0 Å². The predicted octanol–water partition coefficient (Wildman–Crippen LogP) is 2.08. The Labute approximate surface area is 130 Å². The summed E-state index contributed by atoms with van der Waals surface area (Å²) < 4.78 is 5.18. The van der Waals surface area contributed by atoms with Crippen LogP contribution < -0.4 is 10.5 Å². The first-order chi connectivity index (χ1) is 10.7. The molecule has 0 aliphatic heterocycles. The molecule has 0 radical (unpaired) electrons. The molecule has 0 aliphatic rings. The van der Waals surface area contributed by atoms with Crippen molar-refractivity contribution in [2.24, 2.45) is 5.73 Å². The summed E-state index contributed by atoms with van der Waals surface area (Å²) in [5.74, 6) is 0.641. The molecule has 5 heteroatoms. The van der Waals surface area contributed by atoms with Crippen molar-refractivity contribution in [2.45, 2.75) is 13.0 Å². The van der Waals surface area contributed by atoms with E-state index in [9.17, 15) is 4.79 Å². The van der Waals surface area contributed by atoms with Gasteiger partial charge < -0.3 is 15.4 Å². The van der Waals surface area contributed by atoms with Crippen LogP contribution in [0.2, 0.25) is 0 Å². The fourth-order valence-corrected chi connectivity index (χ4v) is 2.19. The molecule has 2 rings (SSSR count). The molecule has 0 saturated carbocycles. The van der Waals surface area contributed by atoms with E-state index in [0.29, 0.717) is 30.9 Å². The average molecular weight is 299 g/mol. The van der Waals surface area contributed by atoms with Crippen LogP contribution in [0.25, 0.3) is 0 Å². The molecule has 5 nitrogen and oxygen atoms in total. The number of rotatable bonds is 7. The number of ether oxygens (including phenoxy) is 1. The highest BCUT2D eigenvalue weighted by Gasteiger charge is 2.16. The van der Waals surface area contributed by atoms with Crippen LogP contribution in [0.4, 0.5) is 0 Å². The summed E-state index contributed by atoms with van der Waals surface area (Å²) in [6.07, 6.45) is 4.25. The zero-order chi connectivity index (χ0) is 15.8. The fourth-order valence-electron chi connectivity index (χ4n) is 2.19. The van der Waals surface area contributed by atoms with Gasteiger partial charge in [0.1, 0.15) is 5.75 Å². The molecular formula is C17H21N3O2. The van der Waals surface area contributed by atoms with Crippen LogP contribution >= 0.6 is 0 Å². The summed E-state index contributed by atoms with van der Waals surface area (Å²) in [6.45, 7) is 1.68. The molecule has 22 heavy (non-hydrogen) atoms. The summed E-state index contributed by atoms with van der Waals surface area (Å²) in [6, 6.07) is 11.0. The molecule has 2 aromatic rings. The third-order valence-electron chi connectivity index (χ3n) is 3.33. The minimum atomic E-state index is -0.0313. The Balaban J connectivity index is 2.18. The highest BCUT2D eigenvalue weighted by atomic mass is 16.5. The Morgan fingerprint density at radius 3 is 2.86 bits per heavy atom. The van der Waals surface area contributed by atoms with Crippen LogP contribution in [-0.4, -0.2) is 36.0 Å². The molecule has 0 atom stereocenters. The molecule has 0 spiro atoms. The summed E-state index contributed by atoms with van der Waals surface area (Å²) in [4.78, 5) is 18.6. The minimum Gasteiger partial charge on any atom is -0.497 e. The van der Waals surface area contributed by atoms with Gasteiger partial charge in [-0.1, -0.05) is 12.1 Å². The van der Waals surface area contributed by atoms with E-state index in [1.165, 1.54) is 0 Å². The van der Waals surface area contributed by atoms with Crippen LogP contribution in [-0.2, 0) is 6.54 Å². The molecule has 1 aromatic heterocycles. The number of carbonyl (C=O) groups is 1. The van der Waals surface area contributed by atoms with Gasteiger partial charge in [-0.05, 0) is 42.8 Å². The molecule has 0 saturated heterocycles. The minimum absolute atomic E-state index is 0.0313. The van der Waals surface area contributed by atoms with E-state index >= 15 is 0 Å². The number of aromatic nitrogens is 1. The topological polar surface area (TPSA) is 68.5 Å². The molecule has 2 N–H and O–H groups in total. The summed E-state index contributed by atoms with van der Waals surface area (Å²) in [7, 11) is 1.59. The lowest BCUT2D eigenvalue weighted by Crippen LogP contribution is -2.32. The number of hydrogen-bond acceptors (Lipinski definition) is 4. The number of hydrogen-bond donors (Lipinski definition) is 1. The van der Waals surface area contributed by atoms with Gasteiger partial charge in [-0.3, -0.25) is 9.78 Å². The summed E-state index contributed by atoms with van der Waals surface area (Å²) in [5, 5.41) is 0. The lowest BCUT2D eigenvalue weighted by atomic mass is 10.1. The molecule has 116 valence electrons. The van der Waals surface area contributed by atoms with Gasteiger partial charge >= 0.3 is 0 Å². The van der Waals surface area contributed by atoms with Gasteiger partial charge in [0.25, 0.3) is 5.91 Å². The maximum atomic E-state index is 12.7. The van der Waals surface area contributed by atoms with Crippen molar-refractivity contribution in [3.63, 3.8) is 0 Å². The third-order valence-corrected chi connectivity index (χ3v) is 3.33. The molecule has 0 fully saturated rings. The highest BCUT2D eigenvalue weighted by molar-refractivity contribution is 5.94. The van der Waals surface area contributed by atoms with Crippen molar-refractivity contribution in [3.05, 3.63) is 59.9 Å². The lowest BCUT2D eigenvalue weighted by Gasteiger charge is -2.23. The first kappa shape index (κ1) is 16.0. The van der Waals surface area contributed by atoms with Crippen molar-refractivity contribution in [3.8, 4) is 5.75 Å². The molecule has 1 amide bonds. The first-order valence-corrected chi connectivity index (χ1v) is 7.27. The monoisotopic (exact) mass is 299 g/mol. The normalized spacial score (nSPS) is 10.3. The number of amides is 1. The van der Waals surface area contributed by atoms with Gasteiger partial charge in [-0.25, -0.2) is 0 Å². The van der Waals surface area contributed by atoms with Crippen LogP contribution in [0.3, 0.4) is 0 Å². The molecular weight excluding hydrogens is 278 g/mol. The number of benzene rings is 1. The number of nitrogens with zero attached hydrogens (tertiary/aromatic N) is 2. The van der Waals surface area contributed by atoms with E-state index in [2.05, 4.69) is 4.98 Å². The van der Waals surface area contributed by atoms with Crippen LogP contribution in [0.5, 0.6) is 5.75 Å². The average Bonchev–Trinajstić information content (AvgIpc) is 2.59. The van der Waals surface area contributed by atoms with Gasteiger partial charge in [0.05, 0.1) is 7.11 Å². The maximum Gasteiger partial charge on any atom is 0.254 e. The Kier molecular flexibility index (Phi) is 5.91. The second kappa shape index (κ2) is 8.14. The van der Waals surface area contributed by atoms with Crippen LogP contribution in [0.1, 0.15) is 22.3 Å². The van der Waals surface area contributed by atoms with E-state index in [4.69, 9.17) is 10.5 Å². The van der Waals surface area contributed by atoms with Gasteiger partial charge in [-0.15, -0.1) is 0 Å². The standard InChI is InChI=1S/C17H21N3O2/c1-22-16-7-2-6-15(11-16)17(21)20(10-4-8-18)13-14-5-3-9-19-12-14/h2-3,5-7,9,11-12H,4,8,10,13,18H2,1H3. The number of pyridine rings is 1. The Hall–Kier alpha value is -2.40. The van der Waals surface area contributed by atoms with E-state index in [1.54, 1.807) is 36.5 Å². The van der Waals surface area contributed by atoms with Crippen molar-refractivity contribution in [1.82, 2.24) is 9.88 Å². The number of carbonyl (C=O) groups excluding carboxylic acids is 1. The van der Waals surface area contributed by atoms with Crippen molar-refractivity contribution < 1.29 is 9.53 Å². The Morgan fingerprint density at radius 2 is 2.18 bits per heavy atom. The SMILES string of the molecule is COc1cccc(C(=O)N(CCCN)Cc2cccnc2)c1. The lowest BCUT2D eigenvalue weighted by molar-refractivity contribution is 0.0741. The third kappa shape index (κ3) is 4.30. The van der Waals surface area contributed by atoms with Crippen LogP contribution in [0, 0.1) is 0 Å². The summed E-state index contributed by atoms with van der Waals surface area (Å²) >= 11 is 0. The maximum absolute atomic E-state index is 12.7. The molecule has 0 aliphatic carbocycles. The highest BCUT2D eigenvalue weighted by Crippen LogP contribution is 2.16. The van der Waals surface area contributed by atoms with Crippen molar-refractivity contribution >= 4 is 5.91 Å².